The third-order valence-electron chi connectivity index (χ3n) is 6.54. The topological polar surface area (TPSA) is 79.9 Å². The fraction of sp³-hybridized carbons (Fsp3) is 0.161. The molecule has 2 N–H and O–H groups in total. The Balaban J connectivity index is 1.28. The fourth-order valence-electron chi connectivity index (χ4n) is 4.53. The molecule has 0 saturated carbocycles. The number of ether oxygens (including phenoxy) is 2. The number of esters is 1. The summed E-state index contributed by atoms with van der Waals surface area (Å²) in [6.07, 6.45) is -0.530. The van der Waals surface area contributed by atoms with Crippen LogP contribution < -0.4 is 20.3 Å². The number of nitrogens with one attached hydrogen (secondary N) is 2. The van der Waals surface area contributed by atoms with Crippen molar-refractivity contribution >= 4 is 23.4 Å². The highest BCUT2D eigenvalue weighted by atomic mass is 16.5. The highest BCUT2D eigenvalue weighted by Crippen LogP contribution is 2.24. The van der Waals surface area contributed by atoms with Crippen LogP contribution in [0.3, 0.4) is 0 Å². The number of methoxy groups -OCH3 is 1. The Morgan fingerprint density at radius 1 is 0.763 bits per heavy atom. The van der Waals surface area contributed by atoms with E-state index < -0.39 is 18.1 Å². The molecule has 4 aromatic rings. The first-order valence-electron chi connectivity index (χ1n) is 12.5. The van der Waals surface area contributed by atoms with E-state index in [2.05, 4.69) is 15.5 Å². The second-order valence-corrected chi connectivity index (χ2v) is 9.06. The molecule has 5 rings (SSSR count). The largest absolute Gasteiger partial charge is 0.497 e. The van der Waals surface area contributed by atoms with Crippen molar-refractivity contribution in [2.75, 3.05) is 30.4 Å². The molecule has 1 aliphatic heterocycles. The SMILES string of the molecule is COc1ccc(NC(=O)N[C@H]2CN(c3ccccc3)C[C@@H]2OC(=O)c2ccc(-c3ccccc3)cc2)cc1. The molecule has 1 aliphatic rings. The summed E-state index contributed by atoms with van der Waals surface area (Å²) < 4.78 is 11.1. The number of para-hydroxylation sites is 1. The zero-order valence-electron chi connectivity index (χ0n) is 21.0. The van der Waals surface area contributed by atoms with Crippen molar-refractivity contribution in [1.82, 2.24) is 5.32 Å². The van der Waals surface area contributed by atoms with E-state index in [0.29, 0.717) is 30.1 Å². The summed E-state index contributed by atoms with van der Waals surface area (Å²) >= 11 is 0. The molecule has 2 amide bonds. The van der Waals surface area contributed by atoms with E-state index in [-0.39, 0.29) is 6.03 Å². The average Bonchev–Trinajstić information content (AvgIpc) is 3.36. The third kappa shape index (κ3) is 5.95. The van der Waals surface area contributed by atoms with E-state index in [1.54, 1.807) is 43.5 Å². The molecule has 4 aromatic carbocycles. The van der Waals surface area contributed by atoms with Crippen molar-refractivity contribution in [3.05, 3.63) is 115 Å². The van der Waals surface area contributed by atoms with Crippen LogP contribution in [0.4, 0.5) is 16.2 Å². The number of carbonyl (C=O) groups is 2. The van der Waals surface area contributed by atoms with Crippen LogP contribution in [0.1, 0.15) is 10.4 Å². The van der Waals surface area contributed by atoms with Crippen molar-refractivity contribution in [3.63, 3.8) is 0 Å². The normalized spacial score (nSPS) is 16.5. The number of carbonyl (C=O) groups excluding carboxylic acids is 2. The van der Waals surface area contributed by atoms with Gasteiger partial charge in [0.25, 0.3) is 0 Å². The van der Waals surface area contributed by atoms with Crippen LogP contribution in [0, 0.1) is 0 Å². The van der Waals surface area contributed by atoms with Gasteiger partial charge in [0.15, 0.2) is 0 Å². The lowest BCUT2D eigenvalue weighted by Gasteiger charge is -2.20. The predicted octanol–water partition coefficient (Wildman–Crippen LogP) is 5.60. The Hall–Kier alpha value is -4.78. The van der Waals surface area contributed by atoms with Crippen LogP contribution in [0.5, 0.6) is 5.75 Å². The minimum absolute atomic E-state index is 0.372. The van der Waals surface area contributed by atoms with E-state index in [0.717, 1.165) is 16.8 Å². The van der Waals surface area contributed by atoms with Gasteiger partial charge in [-0.2, -0.15) is 0 Å². The van der Waals surface area contributed by atoms with E-state index in [1.165, 1.54) is 0 Å². The highest BCUT2D eigenvalue weighted by molar-refractivity contribution is 5.91. The number of urea groups is 1. The Kier molecular flexibility index (Phi) is 7.54. The molecule has 0 radical (unpaired) electrons. The van der Waals surface area contributed by atoms with Crippen molar-refractivity contribution in [2.24, 2.45) is 0 Å². The molecule has 0 unspecified atom stereocenters. The van der Waals surface area contributed by atoms with Gasteiger partial charge in [-0.15, -0.1) is 0 Å². The van der Waals surface area contributed by atoms with Crippen molar-refractivity contribution in [3.8, 4) is 16.9 Å². The van der Waals surface area contributed by atoms with Gasteiger partial charge in [0.05, 0.1) is 25.3 Å². The summed E-state index contributed by atoms with van der Waals surface area (Å²) in [6.45, 7) is 0.969. The van der Waals surface area contributed by atoms with Gasteiger partial charge in [-0.05, 0) is 59.7 Å². The molecule has 1 heterocycles. The Labute approximate surface area is 222 Å². The van der Waals surface area contributed by atoms with Crippen molar-refractivity contribution in [2.45, 2.75) is 12.1 Å². The van der Waals surface area contributed by atoms with Crippen LogP contribution in [-0.4, -0.2) is 44.3 Å². The minimum atomic E-state index is -0.530. The van der Waals surface area contributed by atoms with Gasteiger partial charge in [-0.25, -0.2) is 9.59 Å². The lowest BCUT2D eigenvalue weighted by molar-refractivity contribution is 0.0299. The first kappa shape index (κ1) is 24.9. The Morgan fingerprint density at radius 3 is 2.05 bits per heavy atom. The van der Waals surface area contributed by atoms with Gasteiger partial charge in [0.2, 0.25) is 0 Å². The Morgan fingerprint density at radius 2 is 1.39 bits per heavy atom. The second kappa shape index (κ2) is 11.5. The molecule has 0 aliphatic carbocycles. The molecule has 0 aromatic heterocycles. The van der Waals surface area contributed by atoms with Gasteiger partial charge in [0.1, 0.15) is 11.9 Å². The molecule has 7 nitrogen and oxygen atoms in total. The molecule has 7 heteroatoms. The molecule has 0 bridgehead atoms. The quantitative estimate of drug-likeness (QED) is 0.319. The lowest BCUT2D eigenvalue weighted by atomic mass is 10.0. The van der Waals surface area contributed by atoms with Crippen LogP contribution in [0.2, 0.25) is 0 Å². The maximum atomic E-state index is 13.1. The summed E-state index contributed by atoms with van der Waals surface area (Å²) in [7, 11) is 1.59. The number of anilines is 2. The molecular weight excluding hydrogens is 478 g/mol. The summed E-state index contributed by atoms with van der Waals surface area (Å²) in [5.74, 6) is 0.279. The monoisotopic (exact) mass is 507 g/mol. The maximum absolute atomic E-state index is 13.1. The average molecular weight is 508 g/mol. The third-order valence-corrected chi connectivity index (χ3v) is 6.54. The van der Waals surface area contributed by atoms with E-state index in [1.807, 2.05) is 72.8 Å². The summed E-state index contributed by atoms with van der Waals surface area (Å²) in [5, 5.41) is 5.83. The van der Waals surface area contributed by atoms with Gasteiger partial charge >= 0.3 is 12.0 Å². The van der Waals surface area contributed by atoms with Gasteiger partial charge in [-0.3, -0.25) is 0 Å². The molecule has 2 atom stereocenters. The van der Waals surface area contributed by atoms with Gasteiger partial charge in [0, 0.05) is 17.9 Å². The van der Waals surface area contributed by atoms with Crippen LogP contribution >= 0.6 is 0 Å². The van der Waals surface area contributed by atoms with Crippen molar-refractivity contribution < 1.29 is 19.1 Å². The minimum Gasteiger partial charge on any atom is -0.497 e. The van der Waals surface area contributed by atoms with E-state index >= 15 is 0 Å². The van der Waals surface area contributed by atoms with E-state index in [4.69, 9.17) is 9.47 Å². The smallest absolute Gasteiger partial charge is 0.338 e. The van der Waals surface area contributed by atoms with Gasteiger partial charge in [-0.1, -0.05) is 60.7 Å². The number of benzene rings is 4. The Bertz CT molecular complexity index is 1360. The first-order chi connectivity index (χ1) is 18.6. The molecule has 0 spiro atoms. The zero-order chi connectivity index (χ0) is 26.3. The summed E-state index contributed by atoms with van der Waals surface area (Å²) in [5.41, 5.74) is 4.19. The fourth-order valence-corrected chi connectivity index (χ4v) is 4.53. The second-order valence-electron chi connectivity index (χ2n) is 9.06. The molecule has 1 fully saturated rings. The summed E-state index contributed by atoms with van der Waals surface area (Å²) in [6, 6.07) is 33.5. The number of nitrogens with zero attached hydrogens (tertiary/aromatic N) is 1. The van der Waals surface area contributed by atoms with Crippen LogP contribution in [0.25, 0.3) is 11.1 Å². The number of amides is 2. The summed E-state index contributed by atoms with van der Waals surface area (Å²) in [4.78, 5) is 28.0. The first-order valence-corrected chi connectivity index (χ1v) is 12.5. The van der Waals surface area contributed by atoms with Crippen LogP contribution in [0.15, 0.2) is 109 Å². The van der Waals surface area contributed by atoms with Crippen LogP contribution in [-0.2, 0) is 4.74 Å². The number of hydrogen-bond donors (Lipinski definition) is 2. The van der Waals surface area contributed by atoms with E-state index in [9.17, 15) is 9.59 Å². The molecule has 38 heavy (non-hydrogen) atoms. The number of rotatable bonds is 7. The predicted molar refractivity (Wildman–Crippen MR) is 149 cm³/mol. The maximum Gasteiger partial charge on any atom is 0.338 e. The molecule has 192 valence electrons. The molecular formula is C31H29N3O4. The molecule has 1 saturated heterocycles. The highest BCUT2D eigenvalue weighted by Gasteiger charge is 2.37. The zero-order valence-corrected chi connectivity index (χ0v) is 21.0. The number of hydrogen-bond acceptors (Lipinski definition) is 5. The van der Waals surface area contributed by atoms with Gasteiger partial charge < -0.3 is 25.0 Å². The standard InChI is InChI=1S/C31H29N3O4/c1-37-27-18-16-25(17-19-27)32-31(36)33-28-20-34(26-10-6-3-7-11-26)21-29(28)38-30(35)24-14-12-23(13-15-24)22-8-4-2-5-9-22/h2-19,28-29H,20-21H2,1H3,(H2,32,33,36)/t28-,29-/m0/s1. The van der Waals surface area contributed by atoms with Crippen molar-refractivity contribution in [1.29, 1.82) is 0 Å². The lowest BCUT2D eigenvalue weighted by Crippen LogP contribution is -2.46.